The Bertz CT molecular complexity index is 441. The molecule has 0 unspecified atom stereocenters. The minimum Gasteiger partial charge on any atom is -0.496 e. The molecule has 0 heterocycles. The van der Waals surface area contributed by atoms with E-state index in [0.29, 0.717) is 17.0 Å². The van der Waals surface area contributed by atoms with Gasteiger partial charge in [-0.1, -0.05) is 6.92 Å². The van der Waals surface area contributed by atoms with Gasteiger partial charge in [0.05, 0.1) is 12.7 Å². The van der Waals surface area contributed by atoms with E-state index in [4.69, 9.17) is 10.5 Å². The largest absolute Gasteiger partial charge is 0.496 e. The lowest BCUT2D eigenvalue weighted by molar-refractivity contribution is 0.0617. The Morgan fingerprint density at radius 2 is 2.06 bits per heavy atom. The molecule has 1 aromatic rings. The highest BCUT2D eigenvalue weighted by Crippen LogP contribution is 2.26. The molecule has 0 radical (unpaired) electrons. The highest BCUT2D eigenvalue weighted by atomic mass is 16.5. The summed E-state index contributed by atoms with van der Waals surface area (Å²) in [5, 5.41) is 0. The van der Waals surface area contributed by atoms with Gasteiger partial charge in [0.15, 0.2) is 0 Å². The van der Waals surface area contributed by atoms with Crippen molar-refractivity contribution in [2.24, 2.45) is 0 Å². The maximum atomic E-state index is 12.4. The Hall–Kier alpha value is -1.71. The molecule has 1 rings (SSSR count). The average Bonchev–Trinajstić information content (AvgIpc) is 2.36. The van der Waals surface area contributed by atoms with E-state index in [2.05, 4.69) is 6.92 Å². The molecule has 4 nitrogen and oxygen atoms in total. The molecule has 100 valence electrons. The zero-order valence-corrected chi connectivity index (χ0v) is 11.8. The molecule has 0 atom stereocenters. The molecule has 1 amide bonds. The number of nitrogens with zero attached hydrogens (tertiary/aromatic N) is 1. The Balaban J connectivity index is 3.11. The SMILES string of the molecule is CCC(C)(C)N(C)C(=O)c1ccc(N)cc1OC. The van der Waals surface area contributed by atoms with Crippen LogP contribution >= 0.6 is 0 Å². The summed E-state index contributed by atoms with van der Waals surface area (Å²) in [6.45, 7) is 6.13. The third-order valence-corrected chi connectivity index (χ3v) is 3.53. The summed E-state index contributed by atoms with van der Waals surface area (Å²) < 4.78 is 5.22. The summed E-state index contributed by atoms with van der Waals surface area (Å²) in [6.07, 6.45) is 0.881. The van der Waals surface area contributed by atoms with Gasteiger partial charge >= 0.3 is 0 Å². The molecule has 0 aromatic heterocycles. The number of ether oxygens (including phenoxy) is 1. The number of carbonyl (C=O) groups is 1. The van der Waals surface area contributed by atoms with Crippen molar-refractivity contribution in [1.82, 2.24) is 4.90 Å². The van der Waals surface area contributed by atoms with Crippen molar-refractivity contribution in [3.05, 3.63) is 23.8 Å². The lowest BCUT2D eigenvalue weighted by Crippen LogP contribution is -2.44. The second-order valence-corrected chi connectivity index (χ2v) is 4.99. The Morgan fingerprint density at radius 3 is 2.56 bits per heavy atom. The number of carbonyl (C=O) groups excluding carboxylic acids is 1. The number of methoxy groups -OCH3 is 1. The molecule has 0 aliphatic carbocycles. The molecular formula is C14H22N2O2. The van der Waals surface area contributed by atoms with E-state index in [1.54, 1.807) is 23.1 Å². The van der Waals surface area contributed by atoms with Crippen LogP contribution in [0, 0.1) is 0 Å². The summed E-state index contributed by atoms with van der Waals surface area (Å²) in [4.78, 5) is 14.2. The van der Waals surface area contributed by atoms with Gasteiger partial charge in [-0.15, -0.1) is 0 Å². The van der Waals surface area contributed by atoms with Crippen LogP contribution in [0.3, 0.4) is 0 Å². The number of hydrogen-bond acceptors (Lipinski definition) is 3. The molecule has 0 aliphatic heterocycles. The molecular weight excluding hydrogens is 228 g/mol. The molecule has 0 saturated heterocycles. The molecule has 18 heavy (non-hydrogen) atoms. The van der Waals surface area contributed by atoms with E-state index >= 15 is 0 Å². The van der Waals surface area contributed by atoms with Crippen LogP contribution in [0.2, 0.25) is 0 Å². The summed E-state index contributed by atoms with van der Waals surface area (Å²) in [5.74, 6) is 0.456. The smallest absolute Gasteiger partial charge is 0.257 e. The van der Waals surface area contributed by atoms with Crippen LogP contribution in [0.15, 0.2) is 18.2 Å². The molecule has 0 saturated carbocycles. The van der Waals surface area contributed by atoms with Crippen molar-refractivity contribution in [2.75, 3.05) is 19.9 Å². The first-order valence-corrected chi connectivity index (χ1v) is 6.05. The van der Waals surface area contributed by atoms with Crippen LogP contribution in [0.1, 0.15) is 37.6 Å². The van der Waals surface area contributed by atoms with Crippen molar-refractivity contribution in [1.29, 1.82) is 0 Å². The number of benzene rings is 1. The van der Waals surface area contributed by atoms with E-state index in [1.165, 1.54) is 7.11 Å². The molecule has 0 fully saturated rings. The van der Waals surface area contributed by atoms with Gasteiger partial charge in [-0.05, 0) is 32.4 Å². The second kappa shape index (κ2) is 5.29. The highest BCUT2D eigenvalue weighted by molar-refractivity contribution is 5.97. The first kappa shape index (κ1) is 14.4. The number of amides is 1. The van der Waals surface area contributed by atoms with Gasteiger partial charge in [0.1, 0.15) is 5.75 Å². The Kier molecular flexibility index (Phi) is 4.22. The molecule has 4 heteroatoms. The molecule has 2 N–H and O–H groups in total. The monoisotopic (exact) mass is 250 g/mol. The van der Waals surface area contributed by atoms with Gasteiger partial charge in [-0.3, -0.25) is 4.79 Å². The van der Waals surface area contributed by atoms with E-state index in [0.717, 1.165) is 6.42 Å². The third kappa shape index (κ3) is 2.75. The lowest BCUT2D eigenvalue weighted by Gasteiger charge is -2.35. The van der Waals surface area contributed by atoms with Crippen molar-refractivity contribution in [2.45, 2.75) is 32.7 Å². The second-order valence-electron chi connectivity index (χ2n) is 4.99. The number of rotatable bonds is 4. The van der Waals surface area contributed by atoms with Crippen molar-refractivity contribution < 1.29 is 9.53 Å². The topological polar surface area (TPSA) is 55.6 Å². The van der Waals surface area contributed by atoms with E-state index in [1.807, 2.05) is 20.9 Å². The molecule has 0 aliphatic rings. The van der Waals surface area contributed by atoms with Crippen molar-refractivity contribution in [3.63, 3.8) is 0 Å². The standard InChI is InChI=1S/C14H22N2O2/c1-6-14(2,3)16(4)13(17)11-8-7-10(15)9-12(11)18-5/h7-9H,6,15H2,1-5H3. The summed E-state index contributed by atoms with van der Waals surface area (Å²) in [7, 11) is 3.35. The number of hydrogen-bond donors (Lipinski definition) is 1. The number of nitrogen functional groups attached to an aromatic ring is 1. The Morgan fingerprint density at radius 1 is 1.44 bits per heavy atom. The minimum atomic E-state index is -0.191. The number of nitrogens with two attached hydrogens (primary N) is 1. The average molecular weight is 250 g/mol. The quantitative estimate of drug-likeness (QED) is 0.835. The zero-order valence-electron chi connectivity index (χ0n) is 11.8. The summed E-state index contributed by atoms with van der Waals surface area (Å²) in [6, 6.07) is 5.08. The fraction of sp³-hybridized carbons (Fsp3) is 0.500. The predicted octanol–water partition coefficient (Wildman–Crippen LogP) is 2.54. The van der Waals surface area contributed by atoms with Gasteiger partial charge in [0, 0.05) is 24.3 Å². The van der Waals surface area contributed by atoms with Crippen molar-refractivity contribution >= 4 is 11.6 Å². The van der Waals surface area contributed by atoms with E-state index < -0.39 is 0 Å². The van der Waals surface area contributed by atoms with Crippen LogP contribution in [0.5, 0.6) is 5.75 Å². The number of anilines is 1. The maximum Gasteiger partial charge on any atom is 0.257 e. The fourth-order valence-electron chi connectivity index (χ4n) is 1.58. The van der Waals surface area contributed by atoms with E-state index in [9.17, 15) is 4.79 Å². The Labute approximate surface area is 109 Å². The zero-order chi connectivity index (χ0) is 13.9. The van der Waals surface area contributed by atoms with E-state index in [-0.39, 0.29) is 11.4 Å². The first-order valence-electron chi connectivity index (χ1n) is 6.05. The lowest BCUT2D eigenvalue weighted by atomic mass is 9.98. The molecule has 0 bridgehead atoms. The van der Waals surface area contributed by atoms with Crippen LogP contribution in [0.25, 0.3) is 0 Å². The summed E-state index contributed by atoms with van der Waals surface area (Å²) >= 11 is 0. The van der Waals surface area contributed by atoms with Crippen LogP contribution in [-0.2, 0) is 0 Å². The minimum absolute atomic E-state index is 0.0568. The van der Waals surface area contributed by atoms with Crippen LogP contribution in [0.4, 0.5) is 5.69 Å². The summed E-state index contributed by atoms with van der Waals surface area (Å²) in [5.41, 5.74) is 6.62. The predicted molar refractivity (Wildman–Crippen MR) is 73.9 cm³/mol. The van der Waals surface area contributed by atoms with Gasteiger partial charge in [-0.2, -0.15) is 0 Å². The van der Waals surface area contributed by atoms with Gasteiger partial charge < -0.3 is 15.4 Å². The maximum absolute atomic E-state index is 12.4. The first-order chi connectivity index (χ1) is 8.33. The van der Waals surface area contributed by atoms with Gasteiger partial charge in [-0.25, -0.2) is 0 Å². The highest BCUT2D eigenvalue weighted by Gasteiger charge is 2.28. The molecule has 1 aromatic carbocycles. The molecule has 0 spiro atoms. The third-order valence-electron chi connectivity index (χ3n) is 3.53. The van der Waals surface area contributed by atoms with Crippen LogP contribution < -0.4 is 10.5 Å². The van der Waals surface area contributed by atoms with Crippen molar-refractivity contribution in [3.8, 4) is 5.75 Å². The fourth-order valence-corrected chi connectivity index (χ4v) is 1.58. The van der Waals surface area contributed by atoms with Gasteiger partial charge in [0.25, 0.3) is 5.91 Å². The van der Waals surface area contributed by atoms with Gasteiger partial charge in [0.2, 0.25) is 0 Å². The van der Waals surface area contributed by atoms with Crippen LogP contribution in [-0.4, -0.2) is 30.5 Å². The normalized spacial score (nSPS) is 11.2.